The number of nitrogens with one attached hydrogen (secondary N) is 1. The summed E-state index contributed by atoms with van der Waals surface area (Å²) in [5, 5.41) is 11.2. The van der Waals surface area contributed by atoms with E-state index in [0.717, 1.165) is 17.8 Å². The lowest BCUT2D eigenvalue weighted by molar-refractivity contribution is -0.113. The molecule has 1 heterocycles. The molecule has 0 spiro atoms. The minimum Gasteiger partial charge on any atom is -0.323 e. The van der Waals surface area contributed by atoms with Gasteiger partial charge in [-0.2, -0.15) is 0 Å². The fourth-order valence-electron chi connectivity index (χ4n) is 2.23. The molecular formula is C17H13ClF2N4OS. The molecule has 0 saturated heterocycles. The third-order valence-corrected chi connectivity index (χ3v) is 4.71. The molecule has 0 aliphatic rings. The van der Waals surface area contributed by atoms with Crippen LogP contribution in [0, 0.1) is 11.6 Å². The number of carbonyl (C=O) groups is 1. The van der Waals surface area contributed by atoms with E-state index >= 15 is 0 Å². The molecule has 26 heavy (non-hydrogen) atoms. The average molecular weight is 395 g/mol. The van der Waals surface area contributed by atoms with Gasteiger partial charge in [-0.15, -0.1) is 10.2 Å². The summed E-state index contributed by atoms with van der Waals surface area (Å²) in [7, 11) is 1.72. The van der Waals surface area contributed by atoms with E-state index < -0.39 is 11.7 Å². The van der Waals surface area contributed by atoms with E-state index in [9.17, 15) is 13.6 Å². The lowest BCUT2D eigenvalue weighted by Crippen LogP contribution is -2.15. The Morgan fingerprint density at radius 1 is 1.23 bits per heavy atom. The van der Waals surface area contributed by atoms with Crippen molar-refractivity contribution in [3.63, 3.8) is 0 Å². The summed E-state index contributed by atoms with van der Waals surface area (Å²) < 4.78 is 28.7. The first-order valence-corrected chi connectivity index (χ1v) is 8.83. The van der Waals surface area contributed by atoms with Crippen LogP contribution in [-0.4, -0.2) is 26.4 Å². The Morgan fingerprint density at radius 2 is 2.04 bits per heavy atom. The topological polar surface area (TPSA) is 59.8 Å². The van der Waals surface area contributed by atoms with Crippen molar-refractivity contribution in [3.05, 3.63) is 59.1 Å². The summed E-state index contributed by atoms with van der Waals surface area (Å²) >= 11 is 6.81. The van der Waals surface area contributed by atoms with Gasteiger partial charge in [0, 0.05) is 17.6 Å². The van der Waals surface area contributed by atoms with E-state index in [0.29, 0.717) is 16.5 Å². The molecule has 1 aromatic heterocycles. The SMILES string of the molecule is Cn1c(SCC(=O)Nc2ccc(Cl)cc2F)nnc1-c1cccc(F)c1. The van der Waals surface area contributed by atoms with Gasteiger partial charge in [0.15, 0.2) is 11.0 Å². The Morgan fingerprint density at radius 3 is 2.77 bits per heavy atom. The van der Waals surface area contributed by atoms with Crippen molar-refractivity contribution >= 4 is 35.0 Å². The molecule has 0 aliphatic heterocycles. The Labute approximate surface area is 157 Å². The second-order valence-electron chi connectivity index (χ2n) is 5.34. The molecule has 2 aromatic carbocycles. The molecule has 134 valence electrons. The quantitative estimate of drug-likeness (QED) is 0.660. The van der Waals surface area contributed by atoms with Gasteiger partial charge in [-0.1, -0.05) is 35.5 Å². The van der Waals surface area contributed by atoms with Gasteiger partial charge >= 0.3 is 0 Å². The molecule has 1 N–H and O–H groups in total. The highest BCUT2D eigenvalue weighted by Gasteiger charge is 2.14. The number of rotatable bonds is 5. The molecule has 0 unspecified atom stereocenters. The molecule has 0 atom stereocenters. The van der Waals surface area contributed by atoms with Crippen LogP contribution in [0.1, 0.15) is 0 Å². The van der Waals surface area contributed by atoms with E-state index in [1.807, 2.05) is 0 Å². The first-order chi connectivity index (χ1) is 12.4. The van der Waals surface area contributed by atoms with Gasteiger partial charge in [0.05, 0.1) is 11.4 Å². The molecule has 3 rings (SSSR count). The largest absolute Gasteiger partial charge is 0.323 e. The van der Waals surface area contributed by atoms with Crippen LogP contribution in [0.15, 0.2) is 47.6 Å². The van der Waals surface area contributed by atoms with E-state index in [1.165, 1.54) is 24.3 Å². The van der Waals surface area contributed by atoms with Crippen molar-refractivity contribution in [1.82, 2.24) is 14.8 Å². The predicted octanol–water partition coefficient (Wildman–Crippen LogP) is 4.14. The highest BCUT2D eigenvalue weighted by molar-refractivity contribution is 7.99. The number of benzene rings is 2. The fraction of sp³-hybridized carbons (Fsp3) is 0.118. The second kappa shape index (κ2) is 7.84. The first kappa shape index (κ1) is 18.3. The number of carbonyl (C=O) groups excluding carboxylic acids is 1. The van der Waals surface area contributed by atoms with E-state index in [1.54, 1.807) is 23.7 Å². The molecule has 0 fully saturated rings. The van der Waals surface area contributed by atoms with Crippen molar-refractivity contribution in [2.45, 2.75) is 5.16 Å². The van der Waals surface area contributed by atoms with Crippen molar-refractivity contribution in [2.75, 3.05) is 11.1 Å². The molecule has 0 aliphatic carbocycles. The summed E-state index contributed by atoms with van der Waals surface area (Å²) in [4.78, 5) is 12.0. The van der Waals surface area contributed by atoms with Crippen molar-refractivity contribution in [3.8, 4) is 11.4 Å². The van der Waals surface area contributed by atoms with Gasteiger partial charge in [-0.05, 0) is 30.3 Å². The molecule has 0 saturated carbocycles. The maximum Gasteiger partial charge on any atom is 0.234 e. The molecule has 0 bridgehead atoms. The van der Waals surface area contributed by atoms with Gasteiger partial charge in [0.2, 0.25) is 5.91 Å². The minimum absolute atomic E-state index is 0.0111. The molecule has 5 nitrogen and oxygen atoms in total. The second-order valence-corrected chi connectivity index (χ2v) is 6.72. The van der Waals surface area contributed by atoms with Gasteiger partial charge < -0.3 is 9.88 Å². The lowest BCUT2D eigenvalue weighted by Gasteiger charge is -2.07. The first-order valence-electron chi connectivity index (χ1n) is 7.47. The van der Waals surface area contributed by atoms with Crippen molar-refractivity contribution < 1.29 is 13.6 Å². The summed E-state index contributed by atoms with van der Waals surface area (Å²) in [6.45, 7) is 0. The molecule has 1 amide bonds. The number of hydrogen-bond donors (Lipinski definition) is 1. The van der Waals surface area contributed by atoms with Crippen LogP contribution in [0.5, 0.6) is 0 Å². The number of nitrogens with zero attached hydrogens (tertiary/aromatic N) is 3. The summed E-state index contributed by atoms with van der Waals surface area (Å²) in [5.74, 6) is -0.883. The summed E-state index contributed by atoms with van der Waals surface area (Å²) in [5.41, 5.74) is 0.637. The molecule has 3 aromatic rings. The van der Waals surface area contributed by atoms with Crippen LogP contribution in [-0.2, 0) is 11.8 Å². The van der Waals surface area contributed by atoms with E-state index in [-0.39, 0.29) is 22.3 Å². The Bertz CT molecular complexity index is 964. The summed E-state index contributed by atoms with van der Waals surface area (Å²) in [6.07, 6.45) is 0. The average Bonchev–Trinajstić information content (AvgIpc) is 2.96. The maximum atomic E-state index is 13.7. The van der Waals surface area contributed by atoms with E-state index in [4.69, 9.17) is 11.6 Å². The van der Waals surface area contributed by atoms with Crippen LogP contribution in [0.3, 0.4) is 0 Å². The maximum absolute atomic E-state index is 13.7. The predicted molar refractivity (Wildman–Crippen MR) is 97.2 cm³/mol. The highest BCUT2D eigenvalue weighted by Crippen LogP contribution is 2.24. The Kier molecular flexibility index (Phi) is 5.53. The number of amides is 1. The van der Waals surface area contributed by atoms with Crippen LogP contribution in [0.4, 0.5) is 14.5 Å². The summed E-state index contributed by atoms with van der Waals surface area (Å²) in [6, 6.07) is 10.0. The Balaban J connectivity index is 1.66. The van der Waals surface area contributed by atoms with Gasteiger partial charge in [-0.3, -0.25) is 4.79 Å². The van der Waals surface area contributed by atoms with Crippen LogP contribution >= 0.6 is 23.4 Å². The zero-order valence-corrected chi connectivity index (χ0v) is 15.1. The van der Waals surface area contributed by atoms with Crippen molar-refractivity contribution in [2.24, 2.45) is 7.05 Å². The third-order valence-electron chi connectivity index (χ3n) is 3.46. The third kappa shape index (κ3) is 4.20. The molecule has 9 heteroatoms. The van der Waals surface area contributed by atoms with Crippen LogP contribution in [0.2, 0.25) is 5.02 Å². The Hall–Kier alpha value is -2.45. The number of aromatic nitrogens is 3. The number of anilines is 1. The van der Waals surface area contributed by atoms with Crippen LogP contribution < -0.4 is 5.32 Å². The minimum atomic E-state index is -0.608. The number of thioether (sulfide) groups is 1. The molecular weight excluding hydrogens is 382 g/mol. The van der Waals surface area contributed by atoms with E-state index in [2.05, 4.69) is 15.5 Å². The van der Waals surface area contributed by atoms with Crippen LogP contribution in [0.25, 0.3) is 11.4 Å². The number of hydrogen-bond acceptors (Lipinski definition) is 4. The monoisotopic (exact) mass is 394 g/mol. The highest BCUT2D eigenvalue weighted by atomic mass is 35.5. The van der Waals surface area contributed by atoms with Crippen molar-refractivity contribution in [1.29, 1.82) is 0 Å². The lowest BCUT2D eigenvalue weighted by atomic mass is 10.2. The standard InChI is InChI=1S/C17H13ClF2N4OS/c1-24-16(10-3-2-4-12(19)7-10)22-23-17(24)26-9-15(25)21-14-6-5-11(18)8-13(14)20/h2-8H,9H2,1H3,(H,21,25). The van der Waals surface area contributed by atoms with Gasteiger partial charge in [-0.25, -0.2) is 8.78 Å². The zero-order chi connectivity index (χ0) is 18.7. The van der Waals surface area contributed by atoms with Gasteiger partial charge in [0.1, 0.15) is 11.6 Å². The fourth-order valence-corrected chi connectivity index (χ4v) is 3.10. The normalized spacial score (nSPS) is 10.8. The zero-order valence-electron chi connectivity index (χ0n) is 13.5. The smallest absolute Gasteiger partial charge is 0.234 e. The van der Waals surface area contributed by atoms with Gasteiger partial charge in [0.25, 0.3) is 0 Å². The molecule has 0 radical (unpaired) electrons. The number of halogens is 3.